The Morgan fingerprint density at radius 2 is 2.17 bits per heavy atom. The van der Waals surface area contributed by atoms with E-state index in [1.165, 1.54) is 0 Å². The second-order valence-electron chi connectivity index (χ2n) is 6.40. The third-order valence-corrected chi connectivity index (χ3v) is 4.90. The van der Waals surface area contributed by atoms with Gasteiger partial charge in [-0.15, -0.1) is 0 Å². The molecule has 24 heavy (non-hydrogen) atoms. The minimum Gasteiger partial charge on any atom is -0.361 e. The number of aromatic nitrogens is 3. The summed E-state index contributed by atoms with van der Waals surface area (Å²) in [6, 6.07) is 8.40. The van der Waals surface area contributed by atoms with E-state index in [9.17, 15) is 4.79 Å². The number of hydrogen-bond donors (Lipinski definition) is 0. The molecule has 0 radical (unpaired) electrons. The van der Waals surface area contributed by atoms with Crippen LogP contribution in [0.25, 0.3) is 11.0 Å². The lowest BCUT2D eigenvalue weighted by molar-refractivity contribution is -0.129. The molecular formula is C18H20N4O2. The Hall–Kier alpha value is -2.63. The second kappa shape index (κ2) is 5.78. The fraction of sp³-hybridized carbons (Fsp3) is 0.389. The number of aryl methyl sites for hydroxylation is 2. The number of fused-ring (bicyclic) bond motifs is 1. The molecule has 6 heteroatoms. The number of likely N-dealkylation sites (tertiary alicyclic amines) is 1. The first-order chi connectivity index (χ1) is 11.6. The van der Waals surface area contributed by atoms with E-state index in [1.54, 1.807) is 0 Å². The lowest BCUT2D eigenvalue weighted by atomic mass is 10.1. The smallest absolute Gasteiger partial charge is 0.227 e. The molecule has 1 aliphatic heterocycles. The largest absolute Gasteiger partial charge is 0.361 e. The van der Waals surface area contributed by atoms with Crippen molar-refractivity contribution in [2.24, 2.45) is 0 Å². The van der Waals surface area contributed by atoms with Crippen molar-refractivity contribution in [2.75, 3.05) is 13.1 Å². The van der Waals surface area contributed by atoms with E-state index in [-0.39, 0.29) is 11.9 Å². The molecule has 1 fully saturated rings. The number of rotatable bonds is 3. The summed E-state index contributed by atoms with van der Waals surface area (Å²) < 4.78 is 7.35. The molecule has 3 heterocycles. The molecule has 0 bridgehead atoms. The summed E-state index contributed by atoms with van der Waals surface area (Å²) in [6.45, 7) is 5.23. The number of nitrogens with zero attached hydrogens (tertiary/aromatic N) is 4. The predicted octanol–water partition coefficient (Wildman–Crippen LogP) is 2.66. The average molecular weight is 324 g/mol. The summed E-state index contributed by atoms with van der Waals surface area (Å²) in [6.07, 6.45) is 3.20. The highest BCUT2D eigenvalue weighted by Crippen LogP contribution is 2.26. The van der Waals surface area contributed by atoms with Crippen LogP contribution in [0.15, 0.2) is 35.1 Å². The number of hydrogen-bond acceptors (Lipinski definition) is 4. The van der Waals surface area contributed by atoms with Crippen LogP contribution >= 0.6 is 0 Å². The zero-order chi connectivity index (χ0) is 16.7. The fourth-order valence-electron chi connectivity index (χ4n) is 3.48. The van der Waals surface area contributed by atoms with Crippen LogP contribution in [0.1, 0.15) is 29.5 Å². The first kappa shape index (κ1) is 14.9. The van der Waals surface area contributed by atoms with Crippen LogP contribution in [0.3, 0.4) is 0 Å². The molecule has 0 spiro atoms. The van der Waals surface area contributed by atoms with Gasteiger partial charge in [0, 0.05) is 18.7 Å². The number of carbonyl (C=O) groups excluding carboxylic acids is 1. The van der Waals surface area contributed by atoms with Crippen molar-refractivity contribution in [3.63, 3.8) is 0 Å². The van der Waals surface area contributed by atoms with Crippen molar-refractivity contribution in [3.8, 4) is 0 Å². The number of amides is 1. The van der Waals surface area contributed by atoms with Crippen LogP contribution in [0.4, 0.5) is 0 Å². The highest BCUT2D eigenvalue weighted by atomic mass is 16.5. The van der Waals surface area contributed by atoms with Gasteiger partial charge in [-0.3, -0.25) is 4.79 Å². The summed E-state index contributed by atoms with van der Waals surface area (Å²) in [5, 5.41) is 3.93. The minimum absolute atomic E-state index is 0.135. The second-order valence-corrected chi connectivity index (χ2v) is 6.40. The van der Waals surface area contributed by atoms with Crippen molar-refractivity contribution in [3.05, 3.63) is 47.6 Å². The molecule has 1 aromatic carbocycles. The van der Waals surface area contributed by atoms with Gasteiger partial charge in [0.2, 0.25) is 5.91 Å². The number of para-hydroxylation sites is 2. The third-order valence-electron chi connectivity index (χ3n) is 4.90. The quantitative estimate of drug-likeness (QED) is 0.743. The first-order valence-corrected chi connectivity index (χ1v) is 8.24. The fourth-order valence-corrected chi connectivity index (χ4v) is 3.48. The molecule has 4 rings (SSSR count). The van der Waals surface area contributed by atoms with E-state index in [0.29, 0.717) is 6.42 Å². The molecule has 0 unspecified atom stereocenters. The van der Waals surface area contributed by atoms with Crippen LogP contribution in [-0.4, -0.2) is 38.6 Å². The predicted molar refractivity (Wildman–Crippen MR) is 89.6 cm³/mol. The topological polar surface area (TPSA) is 64.2 Å². The molecule has 0 saturated carbocycles. The van der Waals surface area contributed by atoms with Gasteiger partial charge in [0.25, 0.3) is 0 Å². The van der Waals surface area contributed by atoms with E-state index in [2.05, 4.69) is 20.8 Å². The maximum Gasteiger partial charge on any atom is 0.227 e. The summed E-state index contributed by atoms with van der Waals surface area (Å²) in [7, 11) is 0. The standard InChI is InChI=1S/C18H20N4O2/c1-12-15(13(2)24-20-12)9-18(23)21-8-7-14(10-21)22-11-19-16-5-3-4-6-17(16)22/h3-6,11,14H,7-10H2,1-2H3/t14-/m1/s1. The monoisotopic (exact) mass is 324 g/mol. The van der Waals surface area contributed by atoms with E-state index >= 15 is 0 Å². The lowest BCUT2D eigenvalue weighted by Gasteiger charge is -2.17. The van der Waals surface area contributed by atoms with Gasteiger partial charge in [-0.25, -0.2) is 4.98 Å². The number of carbonyl (C=O) groups is 1. The SMILES string of the molecule is Cc1noc(C)c1CC(=O)N1CC[C@@H](n2cnc3ccccc32)C1. The van der Waals surface area contributed by atoms with Crippen LogP contribution in [0.2, 0.25) is 0 Å². The van der Waals surface area contributed by atoms with E-state index in [1.807, 2.05) is 43.3 Å². The van der Waals surface area contributed by atoms with Crippen LogP contribution in [-0.2, 0) is 11.2 Å². The summed E-state index contributed by atoms with van der Waals surface area (Å²) in [4.78, 5) is 19.0. The molecule has 3 aromatic rings. The van der Waals surface area contributed by atoms with Crippen molar-refractivity contribution in [1.29, 1.82) is 0 Å². The Morgan fingerprint density at radius 1 is 1.33 bits per heavy atom. The molecule has 1 atom stereocenters. The molecule has 1 aliphatic rings. The zero-order valence-electron chi connectivity index (χ0n) is 13.9. The summed E-state index contributed by atoms with van der Waals surface area (Å²) in [5.41, 5.74) is 3.84. The van der Waals surface area contributed by atoms with Gasteiger partial charge < -0.3 is 14.0 Å². The molecule has 124 valence electrons. The van der Waals surface area contributed by atoms with Crippen LogP contribution in [0.5, 0.6) is 0 Å². The van der Waals surface area contributed by atoms with Crippen molar-refractivity contribution in [2.45, 2.75) is 32.7 Å². The van der Waals surface area contributed by atoms with Crippen molar-refractivity contribution < 1.29 is 9.32 Å². The number of imidazole rings is 1. The Balaban J connectivity index is 1.49. The Kier molecular flexibility index (Phi) is 3.59. The molecule has 6 nitrogen and oxygen atoms in total. The third kappa shape index (κ3) is 2.48. The highest BCUT2D eigenvalue weighted by molar-refractivity contribution is 5.80. The van der Waals surface area contributed by atoms with Gasteiger partial charge in [-0.2, -0.15) is 0 Å². The van der Waals surface area contributed by atoms with Gasteiger partial charge in [-0.1, -0.05) is 17.3 Å². The van der Waals surface area contributed by atoms with Crippen molar-refractivity contribution in [1.82, 2.24) is 19.6 Å². The van der Waals surface area contributed by atoms with Crippen LogP contribution in [0, 0.1) is 13.8 Å². The minimum atomic E-state index is 0.135. The van der Waals surface area contributed by atoms with E-state index < -0.39 is 0 Å². The molecule has 0 aliphatic carbocycles. The van der Waals surface area contributed by atoms with E-state index in [4.69, 9.17) is 4.52 Å². The van der Waals surface area contributed by atoms with Gasteiger partial charge >= 0.3 is 0 Å². The highest BCUT2D eigenvalue weighted by Gasteiger charge is 2.29. The van der Waals surface area contributed by atoms with E-state index in [0.717, 1.165) is 47.6 Å². The van der Waals surface area contributed by atoms with Gasteiger partial charge in [0.05, 0.1) is 35.5 Å². The summed E-state index contributed by atoms with van der Waals surface area (Å²) in [5.74, 6) is 0.869. The normalized spacial score (nSPS) is 17.8. The van der Waals surface area contributed by atoms with Crippen LogP contribution < -0.4 is 0 Å². The maximum atomic E-state index is 12.6. The van der Waals surface area contributed by atoms with Gasteiger partial charge in [0.1, 0.15) is 5.76 Å². The first-order valence-electron chi connectivity index (χ1n) is 8.24. The Labute approximate surface area is 140 Å². The zero-order valence-corrected chi connectivity index (χ0v) is 13.9. The molecule has 1 saturated heterocycles. The molecule has 2 aromatic heterocycles. The van der Waals surface area contributed by atoms with Gasteiger partial charge in [-0.05, 0) is 32.4 Å². The maximum absolute atomic E-state index is 12.6. The lowest BCUT2D eigenvalue weighted by Crippen LogP contribution is -2.30. The molecule has 1 amide bonds. The summed E-state index contributed by atoms with van der Waals surface area (Å²) >= 11 is 0. The number of benzene rings is 1. The molecule has 0 N–H and O–H groups in total. The van der Waals surface area contributed by atoms with Crippen molar-refractivity contribution >= 4 is 16.9 Å². The van der Waals surface area contributed by atoms with Gasteiger partial charge in [0.15, 0.2) is 0 Å². The average Bonchev–Trinajstić information content (AvgIpc) is 3.29. The Bertz CT molecular complexity index is 876. The molecular weight excluding hydrogens is 304 g/mol. The Morgan fingerprint density at radius 3 is 2.96 bits per heavy atom.